The van der Waals surface area contributed by atoms with E-state index >= 15 is 0 Å². The SMILES string of the molecule is COc1cc(P(C)C)ccc1NCC#Cc1sc2c(NC3CCNCC3F)cccc2c1C(O[Si](C)(C)C)C(F)(F)F. The van der Waals surface area contributed by atoms with Crippen molar-refractivity contribution in [1.29, 1.82) is 0 Å². The Morgan fingerprint density at radius 3 is 2.57 bits per heavy atom. The van der Waals surface area contributed by atoms with Gasteiger partial charge in [0.1, 0.15) is 11.9 Å². The smallest absolute Gasteiger partial charge is 0.417 e. The Hall–Kier alpha value is -2.35. The molecule has 12 heteroatoms. The molecule has 3 atom stereocenters. The molecule has 3 aromatic rings. The highest BCUT2D eigenvalue weighted by atomic mass is 32.1. The minimum atomic E-state index is -4.64. The zero-order chi connectivity index (χ0) is 30.7. The quantitative estimate of drug-likeness (QED) is 0.0993. The molecule has 0 bridgehead atoms. The van der Waals surface area contributed by atoms with Crippen LogP contribution in [-0.4, -0.2) is 66.8 Å². The third kappa shape index (κ3) is 7.97. The average Bonchev–Trinajstić information content (AvgIpc) is 3.28. The van der Waals surface area contributed by atoms with Crippen LogP contribution < -0.4 is 26.0 Å². The summed E-state index contributed by atoms with van der Waals surface area (Å²) in [6.07, 6.45) is -7.30. The van der Waals surface area contributed by atoms with Crippen molar-refractivity contribution < 1.29 is 26.7 Å². The van der Waals surface area contributed by atoms with Crippen molar-refractivity contribution in [2.45, 2.75) is 50.6 Å². The maximum atomic E-state index is 14.6. The van der Waals surface area contributed by atoms with Gasteiger partial charge < -0.3 is 25.1 Å². The van der Waals surface area contributed by atoms with E-state index in [0.29, 0.717) is 34.5 Å². The molecule has 5 nitrogen and oxygen atoms in total. The van der Waals surface area contributed by atoms with E-state index in [4.69, 9.17) is 9.16 Å². The summed E-state index contributed by atoms with van der Waals surface area (Å²) < 4.78 is 70.3. The van der Waals surface area contributed by atoms with Gasteiger partial charge in [-0.15, -0.1) is 11.3 Å². The summed E-state index contributed by atoms with van der Waals surface area (Å²) in [4.78, 5) is 0.286. The highest BCUT2D eigenvalue weighted by Gasteiger charge is 2.46. The zero-order valence-corrected chi connectivity index (χ0v) is 27.4. The molecule has 1 aliphatic heterocycles. The maximum Gasteiger partial charge on any atom is 0.417 e. The van der Waals surface area contributed by atoms with Gasteiger partial charge >= 0.3 is 6.18 Å². The Kier molecular flexibility index (Phi) is 10.5. The van der Waals surface area contributed by atoms with Gasteiger partial charge in [0, 0.05) is 17.5 Å². The van der Waals surface area contributed by atoms with Crippen LogP contribution in [0.4, 0.5) is 28.9 Å². The van der Waals surface area contributed by atoms with Crippen molar-refractivity contribution in [3.05, 3.63) is 46.8 Å². The Morgan fingerprint density at radius 1 is 1.17 bits per heavy atom. The van der Waals surface area contributed by atoms with Gasteiger partial charge in [0.2, 0.25) is 0 Å². The Labute approximate surface area is 251 Å². The van der Waals surface area contributed by atoms with Gasteiger partial charge in [-0.3, -0.25) is 0 Å². The number of piperidine rings is 1. The molecule has 1 aliphatic rings. The topological polar surface area (TPSA) is 54.5 Å². The van der Waals surface area contributed by atoms with Crippen molar-refractivity contribution in [1.82, 2.24) is 5.32 Å². The number of halogens is 4. The fourth-order valence-electron chi connectivity index (χ4n) is 4.80. The molecule has 1 saturated heterocycles. The Bertz CT molecular complexity index is 1450. The van der Waals surface area contributed by atoms with E-state index in [-0.39, 0.29) is 31.5 Å². The third-order valence-corrected chi connectivity index (χ3v) is 10.2. The molecule has 0 spiro atoms. The van der Waals surface area contributed by atoms with E-state index < -0.39 is 32.8 Å². The molecule has 1 fully saturated rings. The van der Waals surface area contributed by atoms with Crippen molar-refractivity contribution in [2.75, 3.05) is 50.7 Å². The second-order valence-electron chi connectivity index (χ2n) is 11.4. The Balaban J connectivity index is 1.73. The number of ether oxygens (including phenoxy) is 1. The molecular formula is C30H38F4N3O2PSSi. The second kappa shape index (κ2) is 13.5. The minimum absolute atomic E-state index is 0.0179. The standard InChI is InChI=1S/C30H38F4N3O2PSSi/c1-38-25-17-19(40(2)3)12-13-23(25)36-15-8-11-26-27(29(30(32,33)34)39-42(4,5)6)20-9-7-10-24(28(20)41-26)37-22-14-16-35-18-21(22)31/h7,9-10,12-13,17,21-22,29,35-37H,14-16,18H2,1-6H3. The fourth-order valence-corrected chi connectivity index (χ4v) is 7.69. The van der Waals surface area contributed by atoms with Crippen molar-refractivity contribution in [3.8, 4) is 17.6 Å². The predicted molar refractivity (Wildman–Crippen MR) is 172 cm³/mol. The molecule has 42 heavy (non-hydrogen) atoms. The summed E-state index contributed by atoms with van der Waals surface area (Å²) in [5, 5.41) is 11.1. The minimum Gasteiger partial charge on any atom is -0.495 e. The summed E-state index contributed by atoms with van der Waals surface area (Å²) in [6, 6.07) is 10.7. The number of alkyl halides is 4. The normalized spacial score (nSPS) is 18.5. The lowest BCUT2D eigenvalue weighted by Gasteiger charge is -2.29. The van der Waals surface area contributed by atoms with Crippen molar-refractivity contribution in [3.63, 3.8) is 0 Å². The number of hydrogen-bond acceptors (Lipinski definition) is 6. The summed E-state index contributed by atoms with van der Waals surface area (Å²) in [7, 11) is -1.31. The lowest BCUT2D eigenvalue weighted by molar-refractivity contribution is -0.200. The third-order valence-electron chi connectivity index (χ3n) is 6.80. The number of thiophene rings is 1. The van der Waals surface area contributed by atoms with Crippen LogP contribution in [0.1, 0.15) is 23.0 Å². The van der Waals surface area contributed by atoms with Gasteiger partial charge in [-0.2, -0.15) is 13.2 Å². The highest BCUT2D eigenvalue weighted by Crippen LogP contribution is 2.47. The molecule has 4 rings (SSSR count). The molecule has 0 aliphatic carbocycles. The van der Waals surface area contributed by atoms with Crippen molar-refractivity contribution in [2.24, 2.45) is 0 Å². The van der Waals surface area contributed by atoms with Crippen molar-refractivity contribution >= 4 is 54.3 Å². The van der Waals surface area contributed by atoms with Crippen LogP contribution >= 0.6 is 19.3 Å². The van der Waals surface area contributed by atoms with Gasteiger partial charge in [0.25, 0.3) is 0 Å². The van der Waals surface area contributed by atoms with Gasteiger partial charge in [-0.05, 0) is 69.4 Å². The van der Waals surface area contributed by atoms with E-state index in [0.717, 1.165) is 5.69 Å². The van der Waals surface area contributed by atoms with Crippen LogP contribution in [0.25, 0.3) is 10.1 Å². The second-order valence-corrected chi connectivity index (χ2v) is 19.2. The molecular weight excluding hydrogens is 601 g/mol. The number of anilines is 2. The molecule has 1 aromatic heterocycles. The van der Waals surface area contributed by atoms with Gasteiger partial charge in [0.15, 0.2) is 14.4 Å². The summed E-state index contributed by atoms with van der Waals surface area (Å²) in [5.74, 6) is 6.71. The van der Waals surface area contributed by atoms with E-state index in [9.17, 15) is 17.6 Å². The zero-order valence-electron chi connectivity index (χ0n) is 24.7. The van der Waals surface area contributed by atoms with Crippen LogP contribution in [0.5, 0.6) is 5.75 Å². The van der Waals surface area contributed by atoms with Crippen LogP contribution in [-0.2, 0) is 4.43 Å². The highest BCUT2D eigenvalue weighted by molar-refractivity contribution is 7.64. The van der Waals surface area contributed by atoms with Crippen LogP contribution in [0.3, 0.4) is 0 Å². The summed E-state index contributed by atoms with van der Waals surface area (Å²) in [5.41, 5.74) is 1.38. The molecule has 0 amide bonds. The van der Waals surface area contributed by atoms with Crippen LogP contribution in [0, 0.1) is 11.8 Å². The average molecular weight is 640 g/mol. The lowest BCUT2D eigenvalue weighted by atomic mass is 10.0. The Morgan fingerprint density at radius 2 is 1.93 bits per heavy atom. The maximum absolute atomic E-state index is 14.6. The van der Waals surface area contributed by atoms with Gasteiger partial charge in [0.05, 0.1) is 40.6 Å². The molecule has 3 unspecified atom stereocenters. The first-order valence-electron chi connectivity index (χ1n) is 13.8. The molecule has 0 saturated carbocycles. The van der Waals surface area contributed by atoms with E-state index in [2.05, 4.69) is 41.1 Å². The largest absolute Gasteiger partial charge is 0.495 e. The number of nitrogens with one attached hydrogen (secondary N) is 3. The summed E-state index contributed by atoms with van der Waals surface area (Å²) >= 11 is 1.18. The first kappa shape index (κ1) is 32.6. The lowest BCUT2D eigenvalue weighted by Crippen LogP contribution is -2.45. The summed E-state index contributed by atoms with van der Waals surface area (Å²) in [6.45, 7) is 10.6. The number of hydrogen-bond donors (Lipinski definition) is 3. The van der Waals surface area contributed by atoms with E-state index in [1.54, 1.807) is 44.9 Å². The van der Waals surface area contributed by atoms with E-state index in [1.165, 1.54) is 16.6 Å². The number of fused-ring (bicyclic) bond motifs is 1. The van der Waals surface area contributed by atoms with Gasteiger partial charge in [-0.1, -0.05) is 38.0 Å². The molecule has 3 N–H and O–H groups in total. The molecule has 2 heterocycles. The molecule has 228 valence electrons. The first-order valence-corrected chi connectivity index (χ1v) is 20.2. The number of benzene rings is 2. The molecule has 0 radical (unpaired) electrons. The monoisotopic (exact) mass is 639 g/mol. The predicted octanol–water partition coefficient (Wildman–Crippen LogP) is 7.31. The van der Waals surface area contributed by atoms with Crippen LogP contribution in [0.2, 0.25) is 19.6 Å². The number of rotatable bonds is 9. The van der Waals surface area contributed by atoms with Crippen LogP contribution in [0.15, 0.2) is 36.4 Å². The van der Waals surface area contributed by atoms with E-state index in [1.807, 2.05) is 18.2 Å². The fraction of sp³-hybridized carbons (Fsp3) is 0.467. The van der Waals surface area contributed by atoms with Gasteiger partial charge in [-0.25, -0.2) is 4.39 Å². The number of methoxy groups -OCH3 is 1. The molecule has 2 aromatic carbocycles. The first-order chi connectivity index (χ1) is 19.8.